The second-order valence-electron chi connectivity index (χ2n) is 6.50. The van der Waals surface area contributed by atoms with E-state index in [1.807, 2.05) is 51.3 Å². The van der Waals surface area contributed by atoms with E-state index in [9.17, 15) is 9.59 Å². The van der Waals surface area contributed by atoms with Gasteiger partial charge in [0.05, 0.1) is 6.04 Å². The molecule has 0 saturated heterocycles. The largest absolute Gasteiger partial charge is 0.444 e. The zero-order valence-electron chi connectivity index (χ0n) is 14.0. The third-order valence-corrected chi connectivity index (χ3v) is 3.67. The van der Waals surface area contributed by atoms with Crippen LogP contribution in [-0.2, 0) is 11.3 Å². The van der Waals surface area contributed by atoms with Gasteiger partial charge in [-0.2, -0.15) is 0 Å². The Balaban J connectivity index is 2.19. The van der Waals surface area contributed by atoms with Crippen molar-refractivity contribution in [1.29, 1.82) is 0 Å². The molecule has 0 saturated carbocycles. The van der Waals surface area contributed by atoms with Crippen LogP contribution in [0.3, 0.4) is 0 Å². The Bertz CT molecular complexity index is 572. The van der Waals surface area contributed by atoms with Crippen molar-refractivity contribution in [3.63, 3.8) is 0 Å². The van der Waals surface area contributed by atoms with Crippen molar-refractivity contribution >= 4 is 12.0 Å². The van der Waals surface area contributed by atoms with Gasteiger partial charge in [0.1, 0.15) is 11.3 Å². The van der Waals surface area contributed by atoms with Crippen LogP contribution < -0.4 is 5.32 Å². The molecule has 0 fully saturated rings. The molecule has 0 radical (unpaired) electrons. The lowest BCUT2D eigenvalue weighted by Gasteiger charge is -2.36. The molecular weight excluding hydrogens is 282 g/mol. The average Bonchev–Trinajstić information content (AvgIpc) is 2.82. The highest BCUT2D eigenvalue weighted by molar-refractivity contribution is 5.93. The highest BCUT2D eigenvalue weighted by Crippen LogP contribution is 2.28. The number of nitrogens with zero attached hydrogens (tertiary/aromatic N) is 2. The maximum Gasteiger partial charge on any atom is 0.410 e. The highest BCUT2D eigenvalue weighted by atomic mass is 16.6. The number of amides is 2. The molecule has 0 spiro atoms. The van der Waals surface area contributed by atoms with Crippen LogP contribution in [0.15, 0.2) is 12.1 Å². The van der Waals surface area contributed by atoms with Gasteiger partial charge in [-0.3, -0.25) is 9.69 Å². The molecule has 0 aliphatic carbocycles. The third-order valence-electron chi connectivity index (χ3n) is 3.67. The summed E-state index contributed by atoms with van der Waals surface area (Å²) in [6.07, 6.45) is -0.313. The quantitative estimate of drug-likeness (QED) is 0.913. The van der Waals surface area contributed by atoms with Crippen molar-refractivity contribution in [3.8, 4) is 0 Å². The molecule has 0 aromatic carbocycles. The fourth-order valence-corrected chi connectivity index (χ4v) is 2.68. The summed E-state index contributed by atoms with van der Waals surface area (Å²) in [6, 6.07) is 3.60. The van der Waals surface area contributed by atoms with Crippen molar-refractivity contribution < 1.29 is 14.3 Å². The molecule has 6 heteroatoms. The lowest BCUT2D eigenvalue weighted by atomic mass is 10.1. The predicted octanol–water partition coefficient (Wildman–Crippen LogP) is 2.55. The van der Waals surface area contributed by atoms with Crippen LogP contribution in [0.1, 0.15) is 56.8 Å². The summed E-state index contributed by atoms with van der Waals surface area (Å²) in [4.78, 5) is 26.1. The van der Waals surface area contributed by atoms with E-state index in [1.165, 1.54) is 0 Å². The van der Waals surface area contributed by atoms with Gasteiger partial charge in [-0.1, -0.05) is 0 Å². The number of rotatable bonds is 2. The Labute approximate surface area is 131 Å². The van der Waals surface area contributed by atoms with E-state index in [4.69, 9.17) is 4.74 Å². The van der Waals surface area contributed by atoms with Gasteiger partial charge in [0, 0.05) is 25.3 Å². The van der Waals surface area contributed by atoms with Gasteiger partial charge in [0.15, 0.2) is 0 Å². The first-order valence-corrected chi connectivity index (χ1v) is 7.72. The maximum atomic E-state index is 12.3. The molecule has 1 atom stereocenters. The molecule has 2 rings (SSSR count). The Hall–Kier alpha value is -1.98. The van der Waals surface area contributed by atoms with Crippen LogP contribution >= 0.6 is 0 Å². The molecule has 2 amide bonds. The van der Waals surface area contributed by atoms with Crippen LogP contribution in [0.4, 0.5) is 4.79 Å². The molecule has 22 heavy (non-hydrogen) atoms. The minimum atomic E-state index is -0.511. The zero-order valence-corrected chi connectivity index (χ0v) is 14.0. The number of ether oxygens (including phenoxy) is 1. The normalized spacial score (nSPS) is 17.9. The Morgan fingerprint density at radius 1 is 1.32 bits per heavy atom. The second-order valence-corrected chi connectivity index (χ2v) is 6.50. The summed E-state index contributed by atoms with van der Waals surface area (Å²) < 4.78 is 7.44. The lowest BCUT2D eigenvalue weighted by molar-refractivity contribution is 0.0126. The van der Waals surface area contributed by atoms with Gasteiger partial charge in [-0.15, -0.1) is 0 Å². The van der Waals surface area contributed by atoms with Gasteiger partial charge in [-0.05, 0) is 46.8 Å². The van der Waals surface area contributed by atoms with Crippen molar-refractivity contribution in [1.82, 2.24) is 14.8 Å². The zero-order chi connectivity index (χ0) is 16.5. The fourth-order valence-electron chi connectivity index (χ4n) is 2.68. The van der Waals surface area contributed by atoms with Gasteiger partial charge >= 0.3 is 6.09 Å². The lowest BCUT2D eigenvalue weighted by Crippen LogP contribution is -2.44. The molecule has 1 unspecified atom stereocenters. The molecular formula is C16H25N3O3. The fraction of sp³-hybridized carbons (Fsp3) is 0.625. The number of hydrogen-bond donors (Lipinski definition) is 1. The van der Waals surface area contributed by atoms with E-state index in [0.29, 0.717) is 25.3 Å². The number of aromatic nitrogens is 1. The SMILES string of the molecule is CCNC(=O)c1ccc2n1CCN(C(=O)OC(C)(C)C)C2C. The van der Waals surface area contributed by atoms with Crippen LogP contribution in [0.25, 0.3) is 0 Å². The predicted molar refractivity (Wildman–Crippen MR) is 83.8 cm³/mol. The average molecular weight is 307 g/mol. The van der Waals surface area contributed by atoms with E-state index >= 15 is 0 Å². The van der Waals surface area contributed by atoms with E-state index in [2.05, 4.69) is 5.32 Å². The number of carbonyl (C=O) groups excluding carboxylic acids is 2. The van der Waals surface area contributed by atoms with Gasteiger partial charge < -0.3 is 14.6 Å². The summed E-state index contributed by atoms with van der Waals surface area (Å²) >= 11 is 0. The van der Waals surface area contributed by atoms with Crippen molar-refractivity contribution in [2.45, 2.75) is 52.8 Å². The van der Waals surface area contributed by atoms with Crippen LogP contribution in [0, 0.1) is 0 Å². The van der Waals surface area contributed by atoms with E-state index < -0.39 is 5.60 Å². The summed E-state index contributed by atoms with van der Waals surface area (Å²) in [5.41, 5.74) is 1.09. The first-order valence-electron chi connectivity index (χ1n) is 7.72. The Morgan fingerprint density at radius 3 is 2.59 bits per heavy atom. The Morgan fingerprint density at radius 2 is 2.00 bits per heavy atom. The standard InChI is InChI=1S/C16H25N3O3/c1-6-17-14(20)13-8-7-12-11(2)18(9-10-19(12)13)15(21)22-16(3,4)5/h7-8,11H,6,9-10H2,1-5H3,(H,17,20). The minimum Gasteiger partial charge on any atom is -0.444 e. The second kappa shape index (κ2) is 6.02. The van der Waals surface area contributed by atoms with Crippen LogP contribution in [0.5, 0.6) is 0 Å². The van der Waals surface area contributed by atoms with Crippen molar-refractivity contribution in [2.75, 3.05) is 13.1 Å². The molecule has 0 bridgehead atoms. The molecule has 1 aliphatic rings. The first kappa shape index (κ1) is 16.4. The molecule has 1 aromatic rings. The van der Waals surface area contributed by atoms with Crippen LogP contribution in [-0.4, -0.2) is 40.2 Å². The van der Waals surface area contributed by atoms with Gasteiger partial charge in [0.2, 0.25) is 0 Å². The van der Waals surface area contributed by atoms with E-state index in [1.54, 1.807) is 4.90 Å². The number of fused-ring (bicyclic) bond motifs is 1. The molecule has 2 heterocycles. The molecule has 1 aliphatic heterocycles. The molecule has 122 valence electrons. The highest BCUT2D eigenvalue weighted by Gasteiger charge is 2.32. The van der Waals surface area contributed by atoms with Crippen molar-refractivity contribution in [2.24, 2.45) is 0 Å². The summed E-state index contributed by atoms with van der Waals surface area (Å²) in [6.45, 7) is 11.1. The summed E-state index contributed by atoms with van der Waals surface area (Å²) in [5.74, 6) is -0.0772. The Kier molecular flexibility index (Phi) is 4.49. The number of nitrogens with one attached hydrogen (secondary N) is 1. The summed E-state index contributed by atoms with van der Waals surface area (Å²) in [7, 11) is 0. The number of hydrogen-bond acceptors (Lipinski definition) is 3. The molecule has 1 aromatic heterocycles. The smallest absolute Gasteiger partial charge is 0.410 e. The van der Waals surface area contributed by atoms with Crippen LogP contribution in [0.2, 0.25) is 0 Å². The molecule has 6 nitrogen and oxygen atoms in total. The summed E-state index contributed by atoms with van der Waals surface area (Å²) in [5, 5.41) is 2.81. The van der Waals surface area contributed by atoms with Crippen molar-refractivity contribution in [3.05, 3.63) is 23.5 Å². The van der Waals surface area contributed by atoms with E-state index in [-0.39, 0.29) is 18.0 Å². The van der Waals surface area contributed by atoms with Gasteiger partial charge in [0.25, 0.3) is 5.91 Å². The minimum absolute atomic E-state index is 0.0772. The number of carbonyl (C=O) groups is 2. The van der Waals surface area contributed by atoms with Gasteiger partial charge in [-0.25, -0.2) is 4.79 Å². The first-order chi connectivity index (χ1) is 10.2. The maximum absolute atomic E-state index is 12.3. The topological polar surface area (TPSA) is 63.6 Å². The third kappa shape index (κ3) is 3.26. The molecule has 1 N–H and O–H groups in total. The van der Waals surface area contributed by atoms with E-state index in [0.717, 1.165) is 5.69 Å². The monoisotopic (exact) mass is 307 g/mol.